The average Bonchev–Trinajstić information content (AvgIpc) is 2.88. The molecular formula is C15H10F6N4O2. The number of fused-ring (bicyclic) bond motifs is 1. The first-order valence-corrected chi connectivity index (χ1v) is 7.37. The summed E-state index contributed by atoms with van der Waals surface area (Å²) in [7, 11) is 0. The highest BCUT2D eigenvalue weighted by atomic mass is 19.4. The smallest absolute Gasteiger partial charge is 0.425 e. The summed E-state index contributed by atoms with van der Waals surface area (Å²) < 4.78 is 83.5. The minimum Gasteiger partial charge on any atom is -0.452 e. The van der Waals surface area contributed by atoms with Crippen LogP contribution < -0.4 is 10.4 Å². The van der Waals surface area contributed by atoms with Gasteiger partial charge in [-0.25, -0.2) is 18.0 Å². The molecule has 0 aliphatic carbocycles. The van der Waals surface area contributed by atoms with Gasteiger partial charge in [0.05, 0.1) is 11.3 Å². The molecule has 0 fully saturated rings. The van der Waals surface area contributed by atoms with Crippen LogP contribution in [0.3, 0.4) is 0 Å². The zero-order valence-corrected chi connectivity index (χ0v) is 13.7. The maximum Gasteiger partial charge on any atom is 0.425 e. The molecular weight excluding hydrogens is 382 g/mol. The van der Waals surface area contributed by atoms with Crippen LogP contribution in [0.15, 0.2) is 16.9 Å². The summed E-state index contributed by atoms with van der Waals surface area (Å²) >= 11 is 0. The molecule has 2 aromatic heterocycles. The van der Waals surface area contributed by atoms with Crippen molar-refractivity contribution in [1.82, 2.24) is 19.6 Å². The molecule has 0 saturated carbocycles. The highest BCUT2D eigenvalue weighted by Crippen LogP contribution is 2.30. The fraction of sp³-hybridized carbons (Fsp3) is 0.267. The zero-order chi connectivity index (χ0) is 20.1. The molecule has 0 bridgehead atoms. The number of hydrogen-bond donors (Lipinski definition) is 1. The molecule has 0 aliphatic heterocycles. The molecule has 27 heavy (non-hydrogen) atoms. The number of halogens is 6. The van der Waals surface area contributed by atoms with E-state index in [0.29, 0.717) is 23.6 Å². The Morgan fingerprint density at radius 1 is 1.19 bits per heavy atom. The molecule has 0 amide bonds. The number of hydrogen-bond acceptors (Lipinski definition) is 4. The number of ether oxygens (including phenoxy) is 1. The van der Waals surface area contributed by atoms with Gasteiger partial charge in [-0.1, -0.05) is 0 Å². The van der Waals surface area contributed by atoms with Crippen LogP contribution in [0.25, 0.3) is 16.8 Å². The van der Waals surface area contributed by atoms with E-state index in [-0.39, 0.29) is 22.5 Å². The molecule has 2 heterocycles. The number of rotatable bonds is 3. The second-order valence-electron chi connectivity index (χ2n) is 5.60. The predicted molar refractivity (Wildman–Crippen MR) is 79.8 cm³/mol. The molecule has 0 aliphatic rings. The van der Waals surface area contributed by atoms with Gasteiger partial charge >= 0.3 is 11.9 Å². The standard InChI is InChI=1S/C15H10F6N4O2/c1-5-10(7-3-8(16)11(18)9(17)4-7)12-22-13(23-14(26)25(12)24-5)27-6(2)15(19,20)21/h3-4,6H,1-2H3,(H,22,23,26). The topological polar surface area (TPSA) is 72.3 Å². The van der Waals surface area contributed by atoms with Crippen LogP contribution in [-0.4, -0.2) is 31.9 Å². The van der Waals surface area contributed by atoms with E-state index in [1.807, 2.05) is 4.98 Å². The molecule has 1 atom stereocenters. The van der Waals surface area contributed by atoms with Crippen LogP contribution in [-0.2, 0) is 0 Å². The van der Waals surface area contributed by atoms with E-state index in [1.54, 1.807) is 0 Å². The van der Waals surface area contributed by atoms with Crippen molar-refractivity contribution in [3.05, 3.63) is 45.8 Å². The van der Waals surface area contributed by atoms with Crippen molar-refractivity contribution in [2.24, 2.45) is 0 Å². The quantitative estimate of drug-likeness (QED) is 0.549. The summed E-state index contributed by atoms with van der Waals surface area (Å²) in [5.41, 5.74) is -1.48. The van der Waals surface area contributed by atoms with Crippen LogP contribution >= 0.6 is 0 Å². The normalized spacial score (nSPS) is 13.2. The third kappa shape index (κ3) is 3.34. The van der Waals surface area contributed by atoms with Gasteiger partial charge in [0.15, 0.2) is 29.2 Å². The first-order valence-electron chi connectivity index (χ1n) is 7.37. The molecule has 0 radical (unpaired) electrons. The first kappa shape index (κ1) is 18.7. The highest BCUT2D eigenvalue weighted by Gasteiger charge is 2.38. The number of aromatic nitrogens is 4. The van der Waals surface area contributed by atoms with Crippen LogP contribution in [0.1, 0.15) is 12.6 Å². The molecule has 1 unspecified atom stereocenters. The van der Waals surface area contributed by atoms with Crippen molar-refractivity contribution in [1.29, 1.82) is 0 Å². The SMILES string of the molecule is Cc1nn2c(=O)[nH]c(OC(C)C(F)(F)F)nc2c1-c1cc(F)c(F)c(F)c1. The van der Waals surface area contributed by atoms with Crippen molar-refractivity contribution in [2.75, 3.05) is 0 Å². The number of nitrogens with one attached hydrogen (secondary N) is 1. The molecule has 144 valence electrons. The van der Waals surface area contributed by atoms with E-state index < -0.39 is 41.4 Å². The van der Waals surface area contributed by atoms with Gasteiger partial charge in [-0.2, -0.15) is 27.8 Å². The van der Waals surface area contributed by atoms with Gasteiger partial charge in [0.2, 0.25) is 0 Å². The van der Waals surface area contributed by atoms with Gasteiger partial charge in [0, 0.05) is 0 Å². The molecule has 3 rings (SSSR count). The van der Waals surface area contributed by atoms with Gasteiger partial charge in [-0.3, -0.25) is 4.98 Å². The van der Waals surface area contributed by atoms with E-state index >= 15 is 0 Å². The third-order valence-electron chi connectivity index (χ3n) is 3.67. The van der Waals surface area contributed by atoms with Crippen LogP contribution in [0.2, 0.25) is 0 Å². The lowest BCUT2D eigenvalue weighted by Crippen LogP contribution is -2.33. The Morgan fingerprint density at radius 3 is 2.33 bits per heavy atom. The number of H-pyrrole nitrogens is 1. The highest BCUT2D eigenvalue weighted by molar-refractivity contribution is 5.79. The lowest BCUT2D eigenvalue weighted by atomic mass is 10.1. The number of aromatic amines is 1. The van der Waals surface area contributed by atoms with E-state index in [9.17, 15) is 31.1 Å². The Kier molecular flexibility index (Phi) is 4.36. The lowest BCUT2D eigenvalue weighted by molar-refractivity contribution is -0.190. The maximum absolute atomic E-state index is 13.5. The number of benzene rings is 1. The monoisotopic (exact) mass is 392 g/mol. The van der Waals surface area contributed by atoms with Crippen LogP contribution in [0, 0.1) is 24.4 Å². The van der Waals surface area contributed by atoms with Crippen LogP contribution in [0.4, 0.5) is 26.3 Å². The van der Waals surface area contributed by atoms with E-state index in [2.05, 4.69) is 14.8 Å². The van der Waals surface area contributed by atoms with Gasteiger partial charge in [0.25, 0.3) is 6.01 Å². The van der Waals surface area contributed by atoms with Crippen molar-refractivity contribution < 1.29 is 31.1 Å². The largest absolute Gasteiger partial charge is 0.452 e. The second-order valence-corrected chi connectivity index (χ2v) is 5.60. The van der Waals surface area contributed by atoms with E-state index in [0.717, 1.165) is 0 Å². The molecule has 1 N–H and O–H groups in total. The Morgan fingerprint density at radius 2 is 1.78 bits per heavy atom. The predicted octanol–water partition coefficient (Wildman–Crippen LogP) is 3.14. The maximum atomic E-state index is 13.5. The van der Waals surface area contributed by atoms with Crippen molar-refractivity contribution in [3.63, 3.8) is 0 Å². The van der Waals surface area contributed by atoms with Crippen molar-refractivity contribution in [2.45, 2.75) is 26.1 Å². The molecule has 1 aromatic carbocycles. The van der Waals surface area contributed by atoms with Crippen LogP contribution in [0.5, 0.6) is 6.01 Å². The number of alkyl halides is 3. The fourth-order valence-electron chi connectivity index (χ4n) is 2.36. The Labute approximate surface area is 146 Å². The molecule has 6 nitrogen and oxygen atoms in total. The second kappa shape index (κ2) is 6.28. The van der Waals surface area contributed by atoms with Crippen molar-refractivity contribution in [3.8, 4) is 17.1 Å². The Hall–Kier alpha value is -3.05. The summed E-state index contributed by atoms with van der Waals surface area (Å²) in [4.78, 5) is 17.8. The zero-order valence-electron chi connectivity index (χ0n) is 13.7. The van der Waals surface area contributed by atoms with Gasteiger partial charge < -0.3 is 4.74 Å². The Balaban J connectivity index is 2.20. The van der Waals surface area contributed by atoms with E-state index in [1.165, 1.54) is 6.92 Å². The molecule has 12 heteroatoms. The van der Waals surface area contributed by atoms with Crippen molar-refractivity contribution >= 4 is 5.65 Å². The molecule has 0 spiro atoms. The van der Waals surface area contributed by atoms with Gasteiger partial charge in [-0.15, -0.1) is 0 Å². The van der Waals surface area contributed by atoms with Gasteiger partial charge in [-0.05, 0) is 31.5 Å². The third-order valence-corrected chi connectivity index (χ3v) is 3.67. The van der Waals surface area contributed by atoms with Gasteiger partial charge in [0.1, 0.15) is 0 Å². The minimum absolute atomic E-state index is 0.0663. The molecule has 3 aromatic rings. The lowest BCUT2D eigenvalue weighted by Gasteiger charge is -2.16. The fourth-order valence-corrected chi connectivity index (χ4v) is 2.36. The first-order chi connectivity index (χ1) is 12.5. The summed E-state index contributed by atoms with van der Waals surface area (Å²) in [6, 6.07) is 0.551. The number of nitrogens with zero attached hydrogens (tertiary/aromatic N) is 3. The minimum atomic E-state index is -4.72. The molecule has 0 saturated heterocycles. The average molecular weight is 392 g/mol. The summed E-state index contributed by atoms with van der Waals surface area (Å²) in [5, 5.41) is 3.83. The summed E-state index contributed by atoms with van der Waals surface area (Å²) in [6.45, 7) is 2.08. The van der Waals surface area contributed by atoms with E-state index in [4.69, 9.17) is 0 Å². The summed E-state index contributed by atoms with van der Waals surface area (Å²) in [6.07, 6.45) is -7.00. The Bertz CT molecular complexity index is 1070. The summed E-state index contributed by atoms with van der Waals surface area (Å²) in [5.74, 6) is -4.67. The number of aryl methyl sites for hydroxylation is 1.